The van der Waals surface area contributed by atoms with Crippen molar-refractivity contribution in [3.05, 3.63) is 76.9 Å². The van der Waals surface area contributed by atoms with Crippen LogP contribution < -0.4 is 10.0 Å². The van der Waals surface area contributed by atoms with Crippen molar-refractivity contribution in [3.63, 3.8) is 0 Å². The van der Waals surface area contributed by atoms with E-state index in [1.54, 1.807) is 6.07 Å². The Kier molecular flexibility index (Phi) is 7.76. The number of nitrogens with zero attached hydrogens (tertiary/aromatic N) is 3. The molecule has 2 aromatic heterocycles. The van der Waals surface area contributed by atoms with Gasteiger partial charge in [-0.2, -0.15) is 9.04 Å². The van der Waals surface area contributed by atoms with Crippen molar-refractivity contribution in [2.45, 2.75) is 49.8 Å². The van der Waals surface area contributed by atoms with Crippen LogP contribution in [0.4, 0.5) is 0 Å². The monoisotopic (exact) mass is 582 g/mol. The molecule has 2 aliphatic rings. The number of Topliss-reactive ketones (excluding diaryl/α,β-unsaturated/α-hetero) is 1. The van der Waals surface area contributed by atoms with Crippen LogP contribution in [-0.2, 0) is 19.6 Å². The number of carbonyl (C=O) groups is 3. The molecule has 5 rings (SSSR count). The summed E-state index contributed by atoms with van der Waals surface area (Å²) in [6.07, 6.45) is 1.69. The molecule has 4 heterocycles. The van der Waals surface area contributed by atoms with Gasteiger partial charge < -0.3 is 15.4 Å². The van der Waals surface area contributed by atoms with Gasteiger partial charge in [0.1, 0.15) is 12.1 Å². The Morgan fingerprint density at radius 2 is 1.82 bits per heavy atom. The SMILES string of the molecule is CC(C)CC(NC(=O)c1ccc(-c2ccccc2)s1)C(=O)N1CCC2C1C(=O)CN2S(=O)(=O)c1cccc[n+]1[O-]. The number of carbonyl (C=O) groups excluding carboxylic acids is 3. The molecule has 3 unspecified atom stereocenters. The number of thiophene rings is 1. The Labute approximate surface area is 236 Å². The molecule has 1 N–H and O–H groups in total. The lowest BCUT2D eigenvalue weighted by Gasteiger charge is -2.29. The van der Waals surface area contributed by atoms with Gasteiger partial charge in [-0.25, -0.2) is 8.42 Å². The molecular weight excluding hydrogens is 552 g/mol. The van der Waals surface area contributed by atoms with Crippen molar-refractivity contribution in [1.82, 2.24) is 14.5 Å². The summed E-state index contributed by atoms with van der Waals surface area (Å²) in [4.78, 5) is 42.9. The Balaban J connectivity index is 1.34. The maximum Gasteiger partial charge on any atom is 0.323 e. The van der Waals surface area contributed by atoms with Gasteiger partial charge in [0.15, 0.2) is 12.0 Å². The number of hydrogen-bond acceptors (Lipinski definition) is 7. The number of aromatic nitrogens is 1. The minimum Gasteiger partial charge on any atom is -0.618 e. The highest BCUT2D eigenvalue weighted by molar-refractivity contribution is 7.89. The van der Waals surface area contributed by atoms with E-state index in [-0.39, 0.29) is 29.5 Å². The normalized spacial score (nSPS) is 20.1. The molecule has 1 aromatic carbocycles. The number of nitrogens with one attached hydrogen (secondary N) is 1. The lowest BCUT2D eigenvalue weighted by molar-refractivity contribution is -0.646. The van der Waals surface area contributed by atoms with Crippen LogP contribution >= 0.6 is 11.3 Å². The Bertz CT molecular complexity index is 1540. The third kappa shape index (κ3) is 5.26. The smallest absolute Gasteiger partial charge is 0.323 e. The van der Waals surface area contributed by atoms with E-state index >= 15 is 0 Å². The maximum absolute atomic E-state index is 13.8. The molecule has 2 amide bonds. The average molecular weight is 583 g/mol. The van der Waals surface area contributed by atoms with Crippen molar-refractivity contribution in [3.8, 4) is 10.4 Å². The lowest BCUT2D eigenvalue weighted by atomic mass is 10.0. The Morgan fingerprint density at radius 3 is 2.52 bits per heavy atom. The van der Waals surface area contributed by atoms with E-state index in [1.165, 1.54) is 34.4 Å². The maximum atomic E-state index is 13.8. The van der Waals surface area contributed by atoms with E-state index < -0.39 is 51.4 Å². The number of rotatable bonds is 8. The van der Waals surface area contributed by atoms with Crippen LogP contribution in [-0.4, -0.2) is 66.4 Å². The fraction of sp³-hybridized carbons (Fsp3) is 0.357. The number of likely N-dealkylation sites (tertiary alicyclic amines) is 1. The zero-order valence-electron chi connectivity index (χ0n) is 22.1. The van der Waals surface area contributed by atoms with E-state index in [4.69, 9.17) is 0 Å². The van der Waals surface area contributed by atoms with Gasteiger partial charge in [0.05, 0.1) is 17.5 Å². The van der Waals surface area contributed by atoms with Crippen molar-refractivity contribution in [2.24, 2.45) is 5.92 Å². The van der Waals surface area contributed by atoms with E-state index in [0.717, 1.165) is 20.9 Å². The largest absolute Gasteiger partial charge is 0.618 e. The van der Waals surface area contributed by atoms with Crippen molar-refractivity contribution < 1.29 is 27.5 Å². The van der Waals surface area contributed by atoms with Gasteiger partial charge in [-0.15, -0.1) is 11.3 Å². The Hall–Kier alpha value is -3.61. The van der Waals surface area contributed by atoms with Crippen LogP contribution in [0.3, 0.4) is 0 Å². The Morgan fingerprint density at radius 1 is 1.10 bits per heavy atom. The molecule has 2 saturated heterocycles. The molecule has 10 nitrogen and oxygen atoms in total. The van der Waals surface area contributed by atoms with Crippen molar-refractivity contribution in [1.29, 1.82) is 0 Å². The number of pyridine rings is 1. The fourth-order valence-corrected chi connectivity index (χ4v) is 7.98. The molecule has 3 atom stereocenters. The summed E-state index contributed by atoms with van der Waals surface area (Å²) in [5.41, 5.74) is 0.988. The first-order valence-electron chi connectivity index (χ1n) is 13.1. The molecule has 12 heteroatoms. The highest BCUT2D eigenvalue weighted by atomic mass is 32.2. The van der Waals surface area contributed by atoms with Gasteiger partial charge in [-0.1, -0.05) is 44.2 Å². The van der Waals surface area contributed by atoms with Gasteiger partial charge >= 0.3 is 15.0 Å². The summed E-state index contributed by atoms with van der Waals surface area (Å²) < 4.78 is 27.9. The van der Waals surface area contributed by atoms with Crippen LogP contribution in [0.1, 0.15) is 36.4 Å². The van der Waals surface area contributed by atoms with Crippen LogP contribution in [0.15, 0.2) is 71.9 Å². The molecule has 0 aliphatic carbocycles. The van der Waals surface area contributed by atoms with Crippen molar-refractivity contribution >= 4 is 39.0 Å². The number of ketones is 1. The van der Waals surface area contributed by atoms with E-state index in [1.807, 2.05) is 50.2 Å². The first-order chi connectivity index (χ1) is 19.1. The molecule has 40 heavy (non-hydrogen) atoms. The predicted octanol–water partition coefficient (Wildman–Crippen LogP) is 2.44. The molecule has 210 valence electrons. The predicted molar refractivity (Wildman–Crippen MR) is 149 cm³/mol. The second kappa shape index (κ2) is 11.1. The number of sulfonamides is 1. The van der Waals surface area contributed by atoms with Crippen molar-refractivity contribution in [2.75, 3.05) is 13.1 Å². The number of benzene rings is 1. The number of amides is 2. The minimum absolute atomic E-state index is 0.0672. The van der Waals surface area contributed by atoms with Gasteiger partial charge in [-0.3, -0.25) is 14.4 Å². The van der Waals surface area contributed by atoms with Gasteiger partial charge in [-0.05, 0) is 42.5 Å². The molecule has 2 aliphatic heterocycles. The second-order valence-electron chi connectivity index (χ2n) is 10.4. The van der Waals surface area contributed by atoms with E-state index in [0.29, 0.717) is 11.3 Å². The fourth-order valence-electron chi connectivity index (χ4n) is 5.41. The lowest BCUT2D eigenvalue weighted by Crippen LogP contribution is -2.53. The van der Waals surface area contributed by atoms with Crippen LogP contribution in [0, 0.1) is 11.1 Å². The summed E-state index contributed by atoms with van der Waals surface area (Å²) in [7, 11) is -4.26. The topological polar surface area (TPSA) is 131 Å². The van der Waals surface area contributed by atoms with Crippen LogP contribution in [0.5, 0.6) is 0 Å². The number of fused-ring (bicyclic) bond motifs is 1. The zero-order chi connectivity index (χ0) is 28.6. The standard InChI is InChI=1S/C28H30N4O6S2/c1-18(2)16-20(29-27(34)24-12-11-23(39-24)19-8-4-3-5-9-19)28(35)30-15-13-21-26(30)22(33)17-32(21)40(37,38)25-10-6-7-14-31(25)36/h3-12,14,18,20-21,26H,13,15-17H2,1-2H3,(H,29,34). The molecule has 0 saturated carbocycles. The molecule has 2 fully saturated rings. The second-order valence-corrected chi connectivity index (χ2v) is 13.3. The summed E-state index contributed by atoms with van der Waals surface area (Å²) in [5.74, 6) is -1.14. The summed E-state index contributed by atoms with van der Waals surface area (Å²) in [6.45, 7) is 3.62. The molecule has 0 bridgehead atoms. The van der Waals surface area contributed by atoms with E-state index in [2.05, 4.69) is 5.32 Å². The quantitative estimate of drug-likeness (QED) is 0.321. The average Bonchev–Trinajstić information content (AvgIpc) is 3.66. The molecule has 3 aromatic rings. The summed E-state index contributed by atoms with van der Waals surface area (Å²) in [5, 5.41) is 14.6. The highest BCUT2D eigenvalue weighted by Crippen LogP contribution is 2.34. The highest BCUT2D eigenvalue weighted by Gasteiger charge is 2.55. The third-order valence-electron chi connectivity index (χ3n) is 7.22. The first kappa shape index (κ1) is 27.9. The number of hydrogen-bond donors (Lipinski definition) is 1. The third-order valence-corrected chi connectivity index (χ3v) is 10.2. The van der Waals surface area contributed by atoms with Gasteiger partial charge in [0.2, 0.25) is 5.91 Å². The molecule has 0 spiro atoms. The van der Waals surface area contributed by atoms with Gasteiger partial charge in [0.25, 0.3) is 5.91 Å². The van der Waals surface area contributed by atoms with Crippen LogP contribution in [0.2, 0.25) is 0 Å². The molecular formula is C28H30N4O6S2. The van der Waals surface area contributed by atoms with E-state index in [9.17, 15) is 28.0 Å². The zero-order valence-corrected chi connectivity index (χ0v) is 23.7. The molecule has 0 radical (unpaired) electrons. The summed E-state index contributed by atoms with van der Waals surface area (Å²) >= 11 is 1.32. The first-order valence-corrected chi connectivity index (χ1v) is 15.3. The van der Waals surface area contributed by atoms with Crippen LogP contribution in [0.25, 0.3) is 10.4 Å². The van der Waals surface area contributed by atoms with Gasteiger partial charge in [0, 0.05) is 23.6 Å². The minimum atomic E-state index is -4.26. The summed E-state index contributed by atoms with van der Waals surface area (Å²) in [6, 6.07) is 14.7.